The van der Waals surface area contributed by atoms with E-state index < -0.39 is 21.5 Å². The maximum Gasteiger partial charge on any atom is 0.266 e. The predicted octanol–water partition coefficient (Wildman–Crippen LogP) is 0.597. The summed E-state index contributed by atoms with van der Waals surface area (Å²) in [5.41, 5.74) is 5.31. The van der Waals surface area contributed by atoms with E-state index in [1.807, 2.05) is 12.2 Å². The molecular formula is C16H21N3O4S. The smallest absolute Gasteiger partial charge is 0.266 e. The van der Waals surface area contributed by atoms with E-state index in [1.54, 1.807) is 18.2 Å². The molecule has 8 heteroatoms. The maximum atomic E-state index is 12.6. The van der Waals surface area contributed by atoms with Crippen LogP contribution in [0.4, 0.5) is 5.69 Å². The number of hydrogen-bond donors (Lipinski definition) is 3. The molecule has 4 N–H and O–H groups in total. The summed E-state index contributed by atoms with van der Waals surface area (Å²) in [6.45, 7) is 1.49. The number of nitrogens with one attached hydrogen (secondary N) is 2. The van der Waals surface area contributed by atoms with Gasteiger partial charge in [0.1, 0.15) is 10.4 Å². The van der Waals surface area contributed by atoms with Gasteiger partial charge in [-0.05, 0) is 25.0 Å². The largest absolute Gasteiger partial charge is 0.382 e. The molecule has 2 atom stereocenters. The van der Waals surface area contributed by atoms with Crippen molar-refractivity contribution in [1.29, 1.82) is 0 Å². The zero-order chi connectivity index (χ0) is 17.2. The van der Waals surface area contributed by atoms with Crippen LogP contribution in [0.25, 0.3) is 0 Å². The van der Waals surface area contributed by atoms with Crippen LogP contribution >= 0.6 is 0 Å². The molecule has 24 heavy (non-hydrogen) atoms. The summed E-state index contributed by atoms with van der Waals surface area (Å²) in [4.78, 5) is 12.4. The van der Waals surface area contributed by atoms with E-state index in [0.29, 0.717) is 31.9 Å². The van der Waals surface area contributed by atoms with Crippen molar-refractivity contribution in [2.24, 2.45) is 11.7 Å². The Kier molecular flexibility index (Phi) is 4.62. The molecule has 0 radical (unpaired) electrons. The van der Waals surface area contributed by atoms with Gasteiger partial charge in [0.15, 0.2) is 0 Å². The van der Waals surface area contributed by atoms with Crippen LogP contribution in [-0.2, 0) is 19.6 Å². The SMILES string of the molecule is N[C@]12C[C@H]1/C=C\CCOCCNc1ccccc1S(=O)(=O)NC2=O. The van der Waals surface area contributed by atoms with Gasteiger partial charge in [0.25, 0.3) is 15.9 Å². The number of para-hydroxylation sites is 1. The van der Waals surface area contributed by atoms with Crippen LogP contribution in [0.1, 0.15) is 12.8 Å². The van der Waals surface area contributed by atoms with Crippen LogP contribution in [0.5, 0.6) is 0 Å². The lowest BCUT2D eigenvalue weighted by molar-refractivity contribution is -0.121. The Balaban J connectivity index is 1.89. The van der Waals surface area contributed by atoms with Gasteiger partial charge in [-0.1, -0.05) is 24.3 Å². The topological polar surface area (TPSA) is 111 Å². The van der Waals surface area contributed by atoms with Gasteiger partial charge in [-0.3, -0.25) is 4.79 Å². The van der Waals surface area contributed by atoms with E-state index >= 15 is 0 Å². The number of carbonyl (C=O) groups is 1. The first kappa shape index (κ1) is 16.9. The molecule has 1 aromatic carbocycles. The van der Waals surface area contributed by atoms with Crippen LogP contribution in [-0.4, -0.2) is 39.6 Å². The molecule has 1 saturated carbocycles. The first-order chi connectivity index (χ1) is 11.4. The first-order valence-electron chi connectivity index (χ1n) is 7.87. The van der Waals surface area contributed by atoms with Gasteiger partial charge in [0.05, 0.1) is 18.9 Å². The van der Waals surface area contributed by atoms with Crippen LogP contribution in [0, 0.1) is 5.92 Å². The molecule has 1 heterocycles. The Morgan fingerprint density at radius 3 is 2.88 bits per heavy atom. The summed E-state index contributed by atoms with van der Waals surface area (Å²) >= 11 is 0. The normalized spacial score (nSPS) is 31.2. The maximum absolute atomic E-state index is 12.6. The van der Waals surface area contributed by atoms with E-state index in [-0.39, 0.29) is 10.8 Å². The van der Waals surface area contributed by atoms with Crippen LogP contribution in [0.2, 0.25) is 0 Å². The van der Waals surface area contributed by atoms with Crippen molar-refractivity contribution in [3.05, 3.63) is 36.4 Å². The van der Waals surface area contributed by atoms with Crippen molar-refractivity contribution < 1.29 is 17.9 Å². The van der Waals surface area contributed by atoms with Gasteiger partial charge in [0.2, 0.25) is 0 Å². The molecule has 1 amide bonds. The number of benzene rings is 1. The summed E-state index contributed by atoms with van der Waals surface area (Å²) < 4.78 is 32.8. The number of nitrogens with two attached hydrogens (primary N) is 1. The lowest BCUT2D eigenvalue weighted by atomic mass is 10.2. The predicted molar refractivity (Wildman–Crippen MR) is 89.9 cm³/mol. The van der Waals surface area contributed by atoms with Crippen LogP contribution in [0.15, 0.2) is 41.3 Å². The number of sulfonamides is 1. The third kappa shape index (κ3) is 3.45. The summed E-state index contributed by atoms with van der Waals surface area (Å²) in [5, 5.41) is 3.03. The average molecular weight is 351 g/mol. The minimum Gasteiger partial charge on any atom is -0.382 e. The Morgan fingerprint density at radius 1 is 1.25 bits per heavy atom. The van der Waals surface area contributed by atoms with E-state index in [0.717, 1.165) is 6.42 Å². The van der Waals surface area contributed by atoms with Gasteiger partial charge in [-0.25, -0.2) is 13.1 Å². The molecule has 2 aliphatic rings. The minimum atomic E-state index is -4.00. The molecule has 1 fully saturated rings. The fraction of sp³-hybridized carbons (Fsp3) is 0.438. The number of anilines is 1. The second-order valence-electron chi connectivity index (χ2n) is 6.04. The van der Waals surface area contributed by atoms with Crippen molar-refractivity contribution in [3.63, 3.8) is 0 Å². The molecule has 0 unspecified atom stereocenters. The van der Waals surface area contributed by atoms with E-state index in [2.05, 4.69) is 10.0 Å². The monoisotopic (exact) mass is 351 g/mol. The number of hydrogen-bond acceptors (Lipinski definition) is 6. The van der Waals surface area contributed by atoms with E-state index in [4.69, 9.17) is 10.5 Å². The Bertz CT molecular complexity index is 762. The van der Waals surface area contributed by atoms with E-state index in [1.165, 1.54) is 6.07 Å². The van der Waals surface area contributed by atoms with E-state index in [9.17, 15) is 13.2 Å². The highest BCUT2D eigenvalue weighted by atomic mass is 32.2. The summed E-state index contributed by atoms with van der Waals surface area (Å²) in [5.74, 6) is -0.815. The third-order valence-electron chi connectivity index (χ3n) is 4.24. The molecule has 0 aromatic heterocycles. The standard InChI is InChI=1S/C16H21N3O4S/c17-16-11-12(16)5-3-4-9-23-10-8-18-13-6-1-2-7-14(13)24(21,22)19-15(16)20/h1-3,5-7,12,18H,4,8-11,17H2,(H,19,20)/b5-3-/t12-,16-/m1/s1. The molecule has 0 saturated heterocycles. The zero-order valence-electron chi connectivity index (χ0n) is 13.2. The Hall–Kier alpha value is -1.90. The number of amides is 1. The van der Waals surface area contributed by atoms with Gasteiger partial charge in [-0.15, -0.1) is 0 Å². The molecular weight excluding hydrogens is 330 g/mol. The summed E-state index contributed by atoms with van der Waals surface area (Å²) in [6, 6.07) is 6.43. The van der Waals surface area contributed by atoms with Gasteiger partial charge < -0.3 is 15.8 Å². The minimum absolute atomic E-state index is 0.0181. The lowest BCUT2D eigenvalue weighted by Crippen LogP contribution is -2.46. The number of fused-ring (bicyclic) bond motifs is 2. The Morgan fingerprint density at radius 2 is 2.04 bits per heavy atom. The average Bonchev–Trinajstić information content (AvgIpc) is 3.21. The van der Waals surface area contributed by atoms with Crippen molar-refractivity contribution in [2.75, 3.05) is 25.1 Å². The summed E-state index contributed by atoms with van der Waals surface area (Å²) in [6.07, 6.45) is 4.94. The van der Waals surface area contributed by atoms with Crippen LogP contribution < -0.4 is 15.8 Å². The van der Waals surface area contributed by atoms with Gasteiger partial charge in [-0.2, -0.15) is 0 Å². The van der Waals surface area contributed by atoms with Gasteiger partial charge >= 0.3 is 0 Å². The highest BCUT2D eigenvalue weighted by molar-refractivity contribution is 7.90. The zero-order valence-corrected chi connectivity index (χ0v) is 14.0. The highest BCUT2D eigenvalue weighted by Crippen LogP contribution is 2.42. The first-order valence-corrected chi connectivity index (χ1v) is 9.35. The van der Waals surface area contributed by atoms with Crippen LogP contribution in [0.3, 0.4) is 0 Å². The number of rotatable bonds is 0. The molecule has 0 spiro atoms. The Labute approximate surface area is 141 Å². The molecule has 0 bridgehead atoms. The fourth-order valence-corrected chi connectivity index (χ4v) is 3.93. The van der Waals surface area contributed by atoms with Crippen molar-refractivity contribution in [1.82, 2.24) is 4.72 Å². The highest BCUT2D eigenvalue weighted by Gasteiger charge is 2.56. The number of carbonyl (C=O) groups excluding carboxylic acids is 1. The molecule has 130 valence electrons. The molecule has 3 rings (SSSR count). The number of ether oxygens (including phenoxy) is 1. The molecule has 1 aliphatic heterocycles. The fourth-order valence-electron chi connectivity index (χ4n) is 2.70. The van der Waals surface area contributed by atoms with Gasteiger partial charge in [0, 0.05) is 12.5 Å². The third-order valence-corrected chi connectivity index (χ3v) is 5.63. The molecule has 1 aliphatic carbocycles. The lowest BCUT2D eigenvalue weighted by Gasteiger charge is -2.15. The van der Waals surface area contributed by atoms with Crippen molar-refractivity contribution in [3.8, 4) is 0 Å². The van der Waals surface area contributed by atoms with Crippen molar-refractivity contribution >= 4 is 21.6 Å². The summed E-state index contributed by atoms with van der Waals surface area (Å²) in [7, 11) is -4.00. The van der Waals surface area contributed by atoms with Crippen molar-refractivity contribution in [2.45, 2.75) is 23.3 Å². The molecule has 7 nitrogen and oxygen atoms in total. The second-order valence-corrected chi connectivity index (χ2v) is 7.69. The second kappa shape index (κ2) is 6.54. The molecule has 1 aromatic rings. The quantitative estimate of drug-likeness (QED) is 0.590.